The van der Waals surface area contributed by atoms with E-state index in [0.29, 0.717) is 18.8 Å². The Bertz CT molecular complexity index is 937. The number of carbonyl (C=O) groups is 1. The van der Waals surface area contributed by atoms with Crippen LogP contribution in [0.4, 0.5) is 23.2 Å². The predicted molar refractivity (Wildman–Crippen MR) is 105 cm³/mol. The largest absolute Gasteiger partial charge is 0.485 e. The quantitative estimate of drug-likeness (QED) is 0.469. The van der Waals surface area contributed by atoms with E-state index >= 15 is 0 Å². The van der Waals surface area contributed by atoms with Crippen molar-refractivity contribution >= 4 is 46.7 Å². The van der Waals surface area contributed by atoms with Crippen molar-refractivity contribution in [3.8, 4) is 5.75 Å². The first-order valence-electron chi connectivity index (χ1n) is 8.21. The SMILES string of the molecule is CSNC(=O)c1cc(Cl)c(OC2CN(c3ccc(C(F)(F)F)c(Cl)c3)C2)cc1F. The third-order valence-electron chi connectivity index (χ3n) is 4.23. The molecule has 1 amide bonds. The molecule has 2 aromatic rings. The van der Waals surface area contributed by atoms with Gasteiger partial charge in [0.05, 0.1) is 34.3 Å². The van der Waals surface area contributed by atoms with Crippen LogP contribution in [0.25, 0.3) is 0 Å². The molecule has 0 aromatic heterocycles. The summed E-state index contributed by atoms with van der Waals surface area (Å²) in [7, 11) is 0. The number of alkyl halides is 3. The zero-order valence-electron chi connectivity index (χ0n) is 14.8. The third kappa shape index (κ3) is 4.84. The molecule has 29 heavy (non-hydrogen) atoms. The van der Waals surface area contributed by atoms with Gasteiger partial charge in [-0.15, -0.1) is 0 Å². The normalized spacial score (nSPS) is 14.5. The molecule has 156 valence electrons. The van der Waals surface area contributed by atoms with Crippen molar-refractivity contribution in [1.82, 2.24) is 4.72 Å². The second-order valence-corrected chi connectivity index (χ2v) is 7.63. The first-order valence-corrected chi connectivity index (χ1v) is 10.2. The summed E-state index contributed by atoms with van der Waals surface area (Å²) in [5.74, 6) is -1.31. The van der Waals surface area contributed by atoms with Gasteiger partial charge in [0.2, 0.25) is 0 Å². The van der Waals surface area contributed by atoms with Gasteiger partial charge in [-0.05, 0) is 24.3 Å². The topological polar surface area (TPSA) is 41.6 Å². The van der Waals surface area contributed by atoms with Gasteiger partial charge < -0.3 is 9.64 Å². The number of carbonyl (C=O) groups excluding carboxylic acids is 1. The second kappa shape index (κ2) is 8.49. The van der Waals surface area contributed by atoms with E-state index in [4.69, 9.17) is 27.9 Å². The van der Waals surface area contributed by atoms with Gasteiger partial charge in [0.25, 0.3) is 5.91 Å². The van der Waals surface area contributed by atoms with E-state index in [-0.39, 0.29) is 27.5 Å². The maximum Gasteiger partial charge on any atom is 0.417 e. The molecule has 1 aliphatic rings. The highest BCUT2D eigenvalue weighted by Crippen LogP contribution is 2.38. The summed E-state index contributed by atoms with van der Waals surface area (Å²) in [6, 6.07) is 5.72. The Kier molecular flexibility index (Phi) is 6.40. The molecule has 1 aliphatic heterocycles. The van der Waals surface area contributed by atoms with Gasteiger partial charge in [-0.3, -0.25) is 9.52 Å². The summed E-state index contributed by atoms with van der Waals surface area (Å²) >= 11 is 12.9. The molecule has 1 heterocycles. The monoisotopic (exact) mass is 468 g/mol. The van der Waals surface area contributed by atoms with Crippen molar-refractivity contribution in [3.63, 3.8) is 0 Å². The highest BCUT2D eigenvalue weighted by molar-refractivity contribution is 7.97. The lowest BCUT2D eigenvalue weighted by Gasteiger charge is -2.41. The number of nitrogens with zero attached hydrogens (tertiary/aromatic N) is 1. The Labute approximate surface area is 178 Å². The highest BCUT2D eigenvalue weighted by atomic mass is 35.5. The molecule has 1 N–H and O–H groups in total. The highest BCUT2D eigenvalue weighted by Gasteiger charge is 2.35. The number of hydrogen-bond donors (Lipinski definition) is 1. The average molecular weight is 469 g/mol. The van der Waals surface area contributed by atoms with Crippen molar-refractivity contribution in [3.05, 3.63) is 57.3 Å². The van der Waals surface area contributed by atoms with E-state index in [1.165, 1.54) is 18.2 Å². The minimum absolute atomic E-state index is 0.0775. The minimum Gasteiger partial charge on any atom is -0.485 e. The van der Waals surface area contributed by atoms with Crippen LogP contribution in [0, 0.1) is 5.82 Å². The zero-order valence-corrected chi connectivity index (χ0v) is 17.1. The van der Waals surface area contributed by atoms with Crippen molar-refractivity contribution < 1.29 is 27.1 Å². The molecular formula is C18H14Cl2F4N2O2S. The van der Waals surface area contributed by atoms with Gasteiger partial charge in [0.15, 0.2) is 0 Å². The number of anilines is 1. The summed E-state index contributed by atoms with van der Waals surface area (Å²) < 4.78 is 60.6. The summed E-state index contributed by atoms with van der Waals surface area (Å²) in [5.41, 5.74) is -0.584. The van der Waals surface area contributed by atoms with Crippen molar-refractivity contribution in [2.75, 3.05) is 24.2 Å². The number of hydrogen-bond acceptors (Lipinski definition) is 4. The van der Waals surface area contributed by atoms with E-state index in [1.807, 2.05) is 0 Å². The van der Waals surface area contributed by atoms with Crippen LogP contribution in [-0.2, 0) is 6.18 Å². The maximum absolute atomic E-state index is 14.2. The molecule has 3 rings (SSSR count). The van der Waals surface area contributed by atoms with Crippen LogP contribution in [0.15, 0.2) is 30.3 Å². The molecule has 0 saturated carbocycles. The fraction of sp³-hybridized carbons (Fsp3) is 0.278. The molecule has 0 radical (unpaired) electrons. The van der Waals surface area contributed by atoms with Crippen LogP contribution in [-0.4, -0.2) is 31.4 Å². The molecule has 0 bridgehead atoms. The summed E-state index contributed by atoms with van der Waals surface area (Å²) in [4.78, 5) is 13.5. The number of ether oxygens (including phenoxy) is 1. The first kappa shape index (κ1) is 21.9. The van der Waals surface area contributed by atoms with E-state index in [9.17, 15) is 22.4 Å². The zero-order chi connectivity index (χ0) is 21.3. The summed E-state index contributed by atoms with van der Waals surface area (Å²) in [6.07, 6.45) is -3.24. The Hall–Kier alpha value is -1.84. The molecular weight excluding hydrogens is 455 g/mol. The van der Waals surface area contributed by atoms with E-state index in [2.05, 4.69) is 4.72 Å². The fourth-order valence-corrected chi connectivity index (χ4v) is 3.56. The molecule has 0 unspecified atom stereocenters. The molecule has 1 fully saturated rings. The van der Waals surface area contributed by atoms with Crippen LogP contribution in [0.1, 0.15) is 15.9 Å². The smallest absolute Gasteiger partial charge is 0.417 e. The molecule has 4 nitrogen and oxygen atoms in total. The molecule has 11 heteroatoms. The van der Waals surface area contributed by atoms with Crippen molar-refractivity contribution in [2.24, 2.45) is 0 Å². The lowest BCUT2D eigenvalue weighted by molar-refractivity contribution is -0.137. The van der Waals surface area contributed by atoms with Gasteiger partial charge in [-0.1, -0.05) is 35.1 Å². The lowest BCUT2D eigenvalue weighted by atomic mass is 10.1. The third-order valence-corrected chi connectivity index (χ3v) is 5.22. The number of nitrogens with one attached hydrogen (secondary N) is 1. The summed E-state index contributed by atoms with van der Waals surface area (Å²) in [6.45, 7) is 0.711. The van der Waals surface area contributed by atoms with Crippen molar-refractivity contribution in [1.29, 1.82) is 0 Å². The first-order chi connectivity index (χ1) is 13.6. The van der Waals surface area contributed by atoms with Crippen LogP contribution < -0.4 is 14.4 Å². The Morgan fingerprint density at radius 3 is 2.48 bits per heavy atom. The molecule has 0 spiro atoms. The molecule has 0 atom stereocenters. The molecule has 2 aromatic carbocycles. The number of rotatable bonds is 5. The Morgan fingerprint density at radius 1 is 1.21 bits per heavy atom. The van der Waals surface area contributed by atoms with Crippen LogP contribution >= 0.6 is 35.1 Å². The van der Waals surface area contributed by atoms with Crippen LogP contribution in [0.2, 0.25) is 10.0 Å². The van der Waals surface area contributed by atoms with Gasteiger partial charge in [0, 0.05) is 18.0 Å². The van der Waals surface area contributed by atoms with Gasteiger partial charge in [0.1, 0.15) is 17.7 Å². The minimum atomic E-state index is -4.52. The van der Waals surface area contributed by atoms with Gasteiger partial charge in [-0.25, -0.2) is 4.39 Å². The predicted octanol–water partition coefficient (Wildman–Crippen LogP) is 5.43. The average Bonchev–Trinajstić information content (AvgIpc) is 2.59. The summed E-state index contributed by atoms with van der Waals surface area (Å²) in [5, 5.41) is -0.308. The van der Waals surface area contributed by atoms with E-state index < -0.39 is 23.5 Å². The number of amides is 1. The van der Waals surface area contributed by atoms with Crippen molar-refractivity contribution in [2.45, 2.75) is 12.3 Å². The van der Waals surface area contributed by atoms with E-state index in [1.54, 1.807) is 11.2 Å². The van der Waals surface area contributed by atoms with E-state index in [0.717, 1.165) is 24.1 Å². The van der Waals surface area contributed by atoms with Crippen LogP contribution in [0.3, 0.4) is 0 Å². The Morgan fingerprint density at radius 2 is 1.90 bits per heavy atom. The molecule has 0 aliphatic carbocycles. The number of halogens is 6. The standard InChI is InChI=1S/C18H14Cl2F4N2O2S/c1-29-25-17(27)11-5-14(20)16(6-15(11)21)28-10-7-26(8-10)9-2-3-12(13(19)4-9)18(22,23)24/h2-6,10H,7-8H2,1H3,(H,25,27). The van der Waals surface area contributed by atoms with Gasteiger partial charge >= 0.3 is 6.18 Å². The van der Waals surface area contributed by atoms with Gasteiger partial charge in [-0.2, -0.15) is 13.2 Å². The lowest BCUT2D eigenvalue weighted by Crippen LogP contribution is -2.54. The second-order valence-electron chi connectivity index (χ2n) is 6.20. The van der Waals surface area contributed by atoms with Crippen LogP contribution in [0.5, 0.6) is 5.75 Å². The fourth-order valence-electron chi connectivity index (χ4n) is 2.77. The maximum atomic E-state index is 14.2. The number of benzene rings is 2. The Balaban J connectivity index is 1.65. The molecule has 1 saturated heterocycles.